The monoisotopic (exact) mass is 348 g/mol. The number of rotatable bonds is 6. The number of carbonyl (C=O) groups is 1. The minimum atomic E-state index is -0.943. The molecule has 1 atom stereocenters. The van der Waals surface area contributed by atoms with Crippen molar-refractivity contribution in [3.05, 3.63) is 27.3 Å². The first-order valence-electron chi connectivity index (χ1n) is 5.70. The maximum Gasteiger partial charge on any atom is 0.339 e. The maximum atomic E-state index is 11.1. The molecule has 1 N–H and O–H groups in total. The summed E-state index contributed by atoms with van der Waals surface area (Å²) in [5.74, 6) is -0.0385. The van der Waals surface area contributed by atoms with Crippen LogP contribution in [0.25, 0.3) is 0 Å². The van der Waals surface area contributed by atoms with Crippen molar-refractivity contribution in [2.75, 3.05) is 6.61 Å². The Kier molecular flexibility index (Phi) is 5.74. The molecule has 0 aliphatic rings. The van der Waals surface area contributed by atoms with Crippen molar-refractivity contribution in [1.82, 2.24) is 0 Å². The highest BCUT2D eigenvalue weighted by Crippen LogP contribution is 2.22. The third kappa shape index (κ3) is 4.53. The molecule has 0 saturated carbocycles. The van der Waals surface area contributed by atoms with Crippen LogP contribution in [0.2, 0.25) is 0 Å². The molecule has 17 heavy (non-hydrogen) atoms. The van der Waals surface area contributed by atoms with Gasteiger partial charge in [-0.1, -0.05) is 20.3 Å². The van der Waals surface area contributed by atoms with Crippen LogP contribution >= 0.6 is 22.6 Å². The fourth-order valence-corrected chi connectivity index (χ4v) is 2.09. The Morgan fingerprint density at radius 1 is 1.53 bits per heavy atom. The first-order chi connectivity index (χ1) is 8.04. The molecular formula is C13H17IO3. The topological polar surface area (TPSA) is 46.5 Å². The van der Waals surface area contributed by atoms with E-state index in [9.17, 15) is 4.79 Å². The molecule has 1 aromatic rings. The minimum absolute atomic E-state index is 0.237. The molecule has 0 bridgehead atoms. The average molecular weight is 348 g/mol. The van der Waals surface area contributed by atoms with Crippen LogP contribution in [-0.2, 0) is 0 Å². The summed E-state index contributed by atoms with van der Waals surface area (Å²) in [6, 6.07) is 5.21. The molecule has 1 rings (SSSR count). The van der Waals surface area contributed by atoms with E-state index >= 15 is 0 Å². The summed E-state index contributed by atoms with van der Waals surface area (Å²) in [6.45, 7) is 4.80. The molecule has 3 nitrogen and oxygen atoms in total. The van der Waals surface area contributed by atoms with Gasteiger partial charge in [0.25, 0.3) is 0 Å². The van der Waals surface area contributed by atoms with Gasteiger partial charge in [0.1, 0.15) is 11.3 Å². The zero-order chi connectivity index (χ0) is 12.8. The van der Waals surface area contributed by atoms with E-state index in [0.717, 1.165) is 16.4 Å². The Morgan fingerprint density at radius 3 is 2.82 bits per heavy atom. The highest BCUT2D eigenvalue weighted by molar-refractivity contribution is 14.1. The largest absolute Gasteiger partial charge is 0.492 e. The van der Waals surface area contributed by atoms with Gasteiger partial charge in [-0.2, -0.15) is 0 Å². The summed E-state index contributed by atoms with van der Waals surface area (Å²) in [6.07, 6.45) is 2.20. The predicted octanol–water partition coefficient (Wildman–Crippen LogP) is 3.80. The molecule has 0 aliphatic heterocycles. The number of halogens is 1. The number of hydrogen-bond acceptors (Lipinski definition) is 2. The van der Waals surface area contributed by atoms with Crippen molar-refractivity contribution in [2.24, 2.45) is 5.92 Å². The molecule has 0 saturated heterocycles. The fourth-order valence-electron chi connectivity index (χ4n) is 1.60. The van der Waals surface area contributed by atoms with E-state index in [1.165, 1.54) is 0 Å². The zero-order valence-corrected chi connectivity index (χ0v) is 12.2. The van der Waals surface area contributed by atoms with Gasteiger partial charge in [0.05, 0.1) is 6.61 Å². The van der Waals surface area contributed by atoms with Crippen LogP contribution in [-0.4, -0.2) is 17.7 Å². The van der Waals surface area contributed by atoms with Crippen molar-refractivity contribution >= 4 is 28.6 Å². The van der Waals surface area contributed by atoms with Gasteiger partial charge >= 0.3 is 5.97 Å². The average Bonchev–Trinajstić information content (AvgIpc) is 2.27. The van der Waals surface area contributed by atoms with Gasteiger partial charge in [-0.3, -0.25) is 0 Å². The first-order valence-corrected chi connectivity index (χ1v) is 6.78. The molecule has 0 radical (unpaired) electrons. The summed E-state index contributed by atoms with van der Waals surface area (Å²) >= 11 is 2.09. The van der Waals surface area contributed by atoms with Gasteiger partial charge in [-0.15, -0.1) is 0 Å². The van der Waals surface area contributed by atoms with Crippen molar-refractivity contribution in [3.8, 4) is 5.75 Å². The second-order valence-corrected chi connectivity index (χ2v) is 5.40. The van der Waals surface area contributed by atoms with Crippen molar-refractivity contribution in [1.29, 1.82) is 0 Å². The lowest BCUT2D eigenvalue weighted by molar-refractivity contribution is 0.0691. The second kappa shape index (κ2) is 6.83. The summed E-state index contributed by atoms with van der Waals surface area (Å²) in [5.41, 5.74) is 0.237. The van der Waals surface area contributed by atoms with E-state index in [1.54, 1.807) is 12.1 Å². The van der Waals surface area contributed by atoms with Crippen LogP contribution in [0.3, 0.4) is 0 Å². The van der Waals surface area contributed by atoms with Crippen molar-refractivity contribution < 1.29 is 14.6 Å². The van der Waals surface area contributed by atoms with Crippen LogP contribution in [0.1, 0.15) is 37.0 Å². The minimum Gasteiger partial charge on any atom is -0.492 e. The van der Waals surface area contributed by atoms with E-state index in [4.69, 9.17) is 9.84 Å². The van der Waals surface area contributed by atoms with E-state index in [0.29, 0.717) is 18.3 Å². The maximum absolute atomic E-state index is 11.1. The Balaban J connectivity index is 2.73. The van der Waals surface area contributed by atoms with Gasteiger partial charge in [0.15, 0.2) is 0 Å². The molecule has 0 spiro atoms. The van der Waals surface area contributed by atoms with Gasteiger partial charge in [-0.25, -0.2) is 4.79 Å². The molecule has 0 fully saturated rings. The highest BCUT2D eigenvalue weighted by atomic mass is 127. The summed E-state index contributed by atoms with van der Waals surface area (Å²) in [7, 11) is 0. The highest BCUT2D eigenvalue weighted by Gasteiger charge is 2.12. The quantitative estimate of drug-likeness (QED) is 0.796. The van der Waals surface area contributed by atoms with E-state index in [-0.39, 0.29) is 5.56 Å². The lowest BCUT2D eigenvalue weighted by atomic mass is 10.1. The van der Waals surface area contributed by atoms with E-state index < -0.39 is 5.97 Å². The summed E-state index contributed by atoms with van der Waals surface area (Å²) in [4.78, 5) is 11.1. The molecule has 0 amide bonds. The number of hydrogen-bond donors (Lipinski definition) is 1. The first kappa shape index (κ1) is 14.3. The normalized spacial score (nSPS) is 12.2. The summed E-state index contributed by atoms with van der Waals surface area (Å²) < 4.78 is 6.48. The molecule has 94 valence electrons. The van der Waals surface area contributed by atoms with Crippen LogP contribution in [0.4, 0.5) is 0 Å². The van der Waals surface area contributed by atoms with Gasteiger partial charge in [0.2, 0.25) is 0 Å². The molecular weight excluding hydrogens is 331 g/mol. The van der Waals surface area contributed by atoms with Gasteiger partial charge < -0.3 is 9.84 Å². The van der Waals surface area contributed by atoms with Crippen LogP contribution in [0.15, 0.2) is 18.2 Å². The van der Waals surface area contributed by atoms with Crippen molar-refractivity contribution in [3.63, 3.8) is 0 Å². The lowest BCUT2D eigenvalue weighted by Crippen LogP contribution is -2.11. The molecule has 0 heterocycles. The number of aromatic carboxylic acids is 1. The molecule has 0 aliphatic carbocycles. The number of carboxylic acid groups (broad SMARTS) is 1. The third-order valence-electron chi connectivity index (χ3n) is 2.48. The standard InChI is InChI=1S/C13H17IO3/c1-3-4-9(2)8-17-12-6-5-10(14)7-11(12)13(15)16/h5-7,9H,3-4,8H2,1-2H3,(H,15,16). The smallest absolute Gasteiger partial charge is 0.339 e. The van der Waals surface area contributed by atoms with Crippen LogP contribution < -0.4 is 4.74 Å². The Morgan fingerprint density at radius 2 is 2.24 bits per heavy atom. The molecule has 4 heteroatoms. The van der Waals surface area contributed by atoms with Crippen LogP contribution in [0, 0.1) is 9.49 Å². The van der Waals surface area contributed by atoms with E-state index in [1.807, 2.05) is 6.07 Å². The third-order valence-corrected chi connectivity index (χ3v) is 3.15. The Labute approximate surface area is 115 Å². The SMILES string of the molecule is CCCC(C)COc1ccc(I)cc1C(=O)O. The Hall–Kier alpha value is -0.780. The van der Waals surface area contributed by atoms with Gasteiger partial charge in [-0.05, 0) is 53.1 Å². The van der Waals surface area contributed by atoms with Gasteiger partial charge in [0, 0.05) is 3.57 Å². The lowest BCUT2D eigenvalue weighted by Gasteiger charge is -2.13. The zero-order valence-electron chi connectivity index (χ0n) is 10.1. The fraction of sp³-hybridized carbons (Fsp3) is 0.462. The number of benzene rings is 1. The summed E-state index contributed by atoms with van der Waals surface area (Å²) in [5, 5.41) is 9.08. The number of ether oxygens (including phenoxy) is 1. The Bertz CT molecular complexity index is 390. The van der Waals surface area contributed by atoms with Crippen LogP contribution in [0.5, 0.6) is 5.75 Å². The second-order valence-electron chi connectivity index (χ2n) is 4.15. The molecule has 0 aromatic heterocycles. The number of carboxylic acids is 1. The van der Waals surface area contributed by atoms with E-state index in [2.05, 4.69) is 36.4 Å². The predicted molar refractivity (Wildman–Crippen MR) is 75.7 cm³/mol. The molecule has 1 unspecified atom stereocenters. The van der Waals surface area contributed by atoms with Crippen molar-refractivity contribution in [2.45, 2.75) is 26.7 Å². The molecule has 1 aromatic carbocycles.